The fraction of sp³-hybridized carbons (Fsp3) is 0.765. The average Bonchev–Trinajstić information content (AvgIpc) is 2.93. The molecule has 0 atom stereocenters. The van der Waals surface area contributed by atoms with Crippen molar-refractivity contribution < 1.29 is 0 Å². The summed E-state index contributed by atoms with van der Waals surface area (Å²) in [6.07, 6.45) is 6.32. The Balaban J connectivity index is 0.00000288. The van der Waals surface area contributed by atoms with Crippen molar-refractivity contribution in [3.63, 3.8) is 0 Å². The van der Waals surface area contributed by atoms with Gasteiger partial charge in [0.1, 0.15) is 0 Å². The van der Waals surface area contributed by atoms with E-state index in [0.717, 1.165) is 25.0 Å². The molecule has 0 amide bonds. The Labute approximate surface area is 163 Å². The Morgan fingerprint density at radius 2 is 2.08 bits per heavy atom. The van der Waals surface area contributed by atoms with Gasteiger partial charge in [0, 0.05) is 45.5 Å². The molecule has 0 aliphatic carbocycles. The van der Waals surface area contributed by atoms with Crippen LogP contribution < -0.4 is 10.6 Å². The molecule has 138 valence electrons. The molecule has 1 saturated heterocycles. The molecule has 2 rings (SSSR count). The normalized spacial score (nSPS) is 17.0. The van der Waals surface area contributed by atoms with Crippen molar-refractivity contribution in [1.29, 1.82) is 0 Å². The minimum absolute atomic E-state index is 0. The molecule has 0 spiro atoms. The molecule has 2 heterocycles. The first-order chi connectivity index (χ1) is 11.1. The zero-order valence-corrected chi connectivity index (χ0v) is 17.8. The van der Waals surface area contributed by atoms with Gasteiger partial charge in [-0.25, -0.2) is 0 Å². The maximum Gasteiger partial charge on any atom is 0.191 e. The number of nitrogens with one attached hydrogen (secondary N) is 2. The summed E-state index contributed by atoms with van der Waals surface area (Å²) in [5.41, 5.74) is 1.20. The summed E-state index contributed by atoms with van der Waals surface area (Å²) in [4.78, 5) is 6.91. The fourth-order valence-electron chi connectivity index (χ4n) is 3.04. The van der Waals surface area contributed by atoms with Gasteiger partial charge in [-0.1, -0.05) is 13.8 Å². The van der Waals surface area contributed by atoms with Gasteiger partial charge in [-0.3, -0.25) is 9.67 Å². The van der Waals surface area contributed by atoms with Crippen LogP contribution in [0.1, 0.15) is 32.3 Å². The van der Waals surface area contributed by atoms with Gasteiger partial charge in [0.2, 0.25) is 0 Å². The van der Waals surface area contributed by atoms with E-state index in [1.54, 1.807) is 0 Å². The summed E-state index contributed by atoms with van der Waals surface area (Å²) >= 11 is 0. The predicted molar refractivity (Wildman–Crippen MR) is 111 cm³/mol. The summed E-state index contributed by atoms with van der Waals surface area (Å²) < 4.78 is 1.96. The standard InChI is InChI=1S/C17H32N6.HI/c1-14(2)12-22-8-5-16(6-9-22)21-17(18-4)19-7-10-23-13-15(3)11-20-23;/h11,13-14,16H,5-10,12H2,1-4H3,(H2,18,19,21);1H. The number of aliphatic imine (C=N–C) groups is 1. The number of halogens is 1. The molecule has 2 N–H and O–H groups in total. The second kappa shape index (κ2) is 10.9. The third-order valence-electron chi connectivity index (χ3n) is 4.17. The highest BCUT2D eigenvalue weighted by atomic mass is 127. The van der Waals surface area contributed by atoms with Crippen molar-refractivity contribution >= 4 is 29.9 Å². The maximum absolute atomic E-state index is 4.34. The van der Waals surface area contributed by atoms with E-state index in [0.29, 0.717) is 6.04 Å². The summed E-state index contributed by atoms with van der Waals surface area (Å²) in [6, 6.07) is 0.525. The van der Waals surface area contributed by atoms with Gasteiger partial charge in [0.15, 0.2) is 5.96 Å². The number of nitrogens with zero attached hydrogens (tertiary/aromatic N) is 4. The number of aryl methyl sites for hydroxylation is 1. The van der Waals surface area contributed by atoms with Gasteiger partial charge < -0.3 is 15.5 Å². The van der Waals surface area contributed by atoms with E-state index in [4.69, 9.17) is 0 Å². The highest BCUT2D eigenvalue weighted by molar-refractivity contribution is 14.0. The molecule has 6 nitrogen and oxygen atoms in total. The van der Waals surface area contributed by atoms with E-state index in [9.17, 15) is 0 Å². The Morgan fingerprint density at radius 3 is 2.62 bits per heavy atom. The summed E-state index contributed by atoms with van der Waals surface area (Å²) in [6.45, 7) is 11.9. The number of aromatic nitrogens is 2. The van der Waals surface area contributed by atoms with E-state index >= 15 is 0 Å². The quantitative estimate of drug-likeness (QED) is 0.398. The maximum atomic E-state index is 4.34. The summed E-state index contributed by atoms with van der Waals surface area (Å²) in [7, 11) is 1.83. The molecule has 1 fully saturated rings. The number of piperidine rings is 1. The molecule has 7 heteroatoms. The zero-order chi connectivity index (χ0) is 16.7. The Hall–Kier alpha value is -0.830. The SMILES string of the molecule is CN=C(NCCn1cc(C)cn1)NC1CCN(CC(C)C)CC1.I. The van der Waals surface area contributed by atoms with Crippen molar-refractivity contribution in [3.05, 3.63) is 18.0 Å². The van der Waals surface area contributed by atoms with Crippen LogP contribution in [0.25, 0.3) is 0 Å². The Bertz CT molecular complexity index is 491. The molecule has 24 heavy (non-hydrogen) atoms. The number of guanidine groups is 1. The molecule has 0 bridgehead atoms. The second-order valence-electron chi connectivity index (χ2n) is 6.89. The van der Waals surface area contributed by atoms with Crippen LogP contribution in [-0.4, -0.2) is 59.9 Å². The number of hydrogen-bond acceptors (Lipinski definition) is 3. The molecule has 1 aromatic rings. The number of hydrogen-bond donors (Lipinski definition) is 2. The third-order valence-corrected chi connectivity index (χ3v) is 4.17. The highest BCUT2D eigenvalue weighted by Gasteiger charge is 2.20. The summed E-state index contributed by atoms with van der Waals surface area (Å²) in [5, 5.41) is 11.2. The van der Waals surface area contributed by atoms with Crippen LogP contribution in [0, 0.1) is 12.8 Å². The van der Waals surface area contributed by atoms with Crippen molar-refractivity contribution in [3.8, 4) is 0 Å². The minimum Gasteiger partial charge on any atom is -0.355 e. The first-order valence-corrected chi connectivity index (χ1v) is 8.75. The van der Waals surface area contributed by atoms with Gasteiger partial charge in [-0.15, -0.1) is 24.0 Å². The first kappa shape index (κ1) is 21.2. The lowest BCUT2D eigenvalue weighted by Crippen LogP contribution is -2.49. The van der Waals surface area contributed by atoms with E-state index in [-0.39, 0.29) is 24.0 Å². The molecule has 1 aliphatic rings. The van der Waals surface area contributed by atoms with E-state index in [2.05, 4.69) is 52.6 Å². The topological polar surface area (TPSA) is 57.5 Å². The van der Waals surface area contributed by atoms with Crippen molar-refractivity contribution in [2.45, 2.75) is 46.2 Å². The lowest BCUT2D eigenvalue weighted by molar-refractivity contribution is 0.187. The zero-order valence-electron chi connectivity index (χ0n) is 15.5. The smallest absolute Gasteiger partial charge is 0.191 e. The number of likely N-dealkylation sites (tertiary alicyclic amines) is 1. The predicted octanol–water partition coefficient (Wildman–Crippen LogP) is 2.09. The van der Waals surface area contributed by atoms with Crippen LogP contribution in [-0.2, 0) is 6.54 Å². The van der Waals surface area contributed by atoms with Crippen LogP contribution in [0.15, 0.2) is 17.4 Å². The van der Waals surface area contributed by atoms with Gasteiger partial charge >= 0.3 is 0 Å². The molecular formula is C17H33IN6. The summed E-state index contributed by atoms with van der Waals surface area (Å²) in [5.74, 6) is 1.65. The van der Waals surface area contributed by atoms with E-state index in [1.807, 2.05) is 17.9 Å². The monoisotopic (exact) mass is 448 g/mol. The molecule has 0 aromatic carbocycles. The van der Waals surface area contributed by atoms with Gasteiger partial charge in [0.05, 0.1) is 12.7 Å². The van der Waals surface area contributed by atoms with Gasteiger partial charge in [-0.05, 0) is 31.2 Å². The molecule has 0 saturated carbocycles. The molecule has 1 aromatic heterocycles. The average molecular weight is 448 g/mol. The first-order valence-electron chi connectivity index (χ1n) is 8.75. The highest BCUT2D eigenvalue weighted by Crippen LogP contribution is 2.11. The Morgan fingerprint density at radius 1 is 1.38 bits per heavy atom. The minimum atomic E-state index is 0. The van der Waals surface area contributed by atoms with Gasteiger partial charge in [0.25, 0.3) is 0 Å². The van der Waals surface area contributed by atoms with E-state index in [1.165, 1.54) is 38.0 Å². The molecular weight excluding hydrogens is 415 g/mol. The molecule has 1 aliphatic heterocycles. The lowest BCUT2D eigenvalue weighted by atomic mass is 10.0. The van der Waals surface area contributed by atoms with Crippen LogP contribution in [0.3, 0.4) is 0 Å². The third kappa shape index (κ3) is 7.38. The van der Waals surface area contributed by atoms with Crippen LogP contribution in [0.5, 0.6) is 0 Å². The van der Waals surface area contributed by atoms with Crippen LogP contribution in [0.4, 0.5) is 0 Å². The fourth-order valence-corrected chi connectivity index (χ4v) is 3.04. The molecule has 0 radical (unpaired) electrons. The number of rotatable bonds is 6. The second-order valence-corrected chi connectivity index (χ2v) is 6.89. The van der Waals surface area contributed by atoms with E-state index < -0.39 is 0 Å². The largest absolute Gasteiger partial charge is 0.355 e. The van der Waals surface area contributed by atoms with Crippen molar-refractivity contribution in [2.75, 3.05) is 33.2 Å². The van der Waals surface area contributed by atoms with Crippen LogP contribution >= 0.6 is 24.0 Å². The van der Waals surface area contributed by atoms with Crippen LogP contribution in [0.2, 0.25) is 0 Å². The van der Waals surface area contributed by atoms with Crippen molar-refractivity contribution in [2.24, 2.45) is 10.9 Å². The Kier molecular flexibility index (Phi) is 9.65. The van der Waals surface area contributed by atoms with Crippen molar-refractivity contribution in [1.82, 2.24) is 25.3 Å². The lowest BCUT2D eigenvalue weighted by Gasteiger charge is -2.33. The van der Waals surface area contributed by atoms with Gasteiger partial charge in [-0.2, -0.15) is 5.10 Å². The molecule has 0 unspecified atom stereocenters.